The molecule has 0 spiro atoms. The summed E-state index contributed by atoms with van der Waals surface area (Å²) in [5, 5.41) is 0.203. The van der Waals surface area contributed by atoms with Gasteiger partial charge in [0.15, 0.2) is 36.3 Å². The Morgan fingerprint density at radius 2 is 1.50 bits per heavy atom. The average molecular weight is 708 g/mol. The Hall–Kier alpha value is -2.99. The van der Waals surface area contributed by atoms with E-state index in [0.717, 1.165) is 22.7 Å². The van der Waals surface area contributed by atoms with Crippen molar-refractivity contribution in [1.82, 2.24) is 24.1 Å². The third-order valence-corrected chi connectivity index (χ3v) is 10.6. The number of nitrogens with zero attached hydrogens (tertiary/aromatic N) is 4. The molecule has 0 aromatic carbocycles. The summed E-state index contributed by atoms with van der Waals surface area (Å²) >= 11 is 0. The zero-order chi connectivity index (χ0) is 33.5. The van der Waals surface area contributed by atoms with Crippen LogP contribution in [0.1, 0.15) is 18.0 Å². The van der Waals surface area contributed by atoms with Gasteiger partial charge in [0.2, 0.25) is 15.1 Å². The van der Waals surface area contributed by atoms with Crippen LogP contribution in [0.4, 0.5) is 18.9 Å². The minimum absolute atomic E-state index is 0.272. The maximum absolute atomic E-state index is 16.3. The summed E-state index contributed by atoms with van der Waals surface area (Å²) in [5.41, 5.74) is 3.46. The molecule has 4 aromatic heterocycles. The van der Waals surface area contributed by atoms with Crippen molar-refractivity contribution in [2.45, 2.75) is 55.6 Å². The number of halogens is 3. The number of aromatic nitrogens is 5. The summed E-state index contributed by atoms with van der Waals surface area (Å²) < 4.78 is 109. The average Bonchev–Trinajstić information content (AvgIpc) is 3.70. The maximum Gasteiger partial charge on any atom is 0.264 e. The Morgan fingerprint density at radius 3 is 2.15 bits per heavy atom. The number of aromatic amines is 1. The summed E-state index contributed by atoms with van der Waals surface area (Å²) in [6.45, 7) is -1.23. The summed E-state index contributed by atoms with van der Waals surface area (Å²) in [4.78, 5) is 28.0. The first-order chi connectivity index (χ1) is 22.9. The van der Waals surface area contributed by atoms with Gasteiger partial charge in [0.1, 0.15) is 35.4 Å². The second-order valence-corrected chi connectivity index (χ2v) is 14.6. The molecule has 10 atom stereocenters. The molecule has 16 nitrogen and oxygen atoms in total. The highest BCUT2D eigenvalue weighted by Crippen LogP contribution is 2.54. The van der Waals surface area contributed by atoms with E-state index >= 15 is 8.78 Å². The van der Waals surface area contributed by atoms with Gasteiger partial charge in [0.05, 0.1) is 31.8 Å². The number of hydrogen-bond donors (Lipinski definition) is 2. The normalized spacial score (nSPS) is 37.3. The SMILES string of the molecule is [B]P1(=O)OC[C@H]2O[C@@H](n3cc(F)c4c(=O)[nH]cnc43)C(F)[C@H]2OP([B])(=O)OC[C@H]2O[C@@H](n3cc4c5c(ccnc53)NOCC4)[C@@H](F)C2O1. The lowest BCUT2D eigenvalue weighted by Crippen LogP contribution is -2.37. The highest BCUT2D eigenvalue weighted by atomic mass is 31.2. The second-order valence-electron chi connectivity index (χ2n) is 11.5. The van der Waals surface area contributed by atoms with Crippen LogP contribution in [0.3, 0.4) is 0 Å². The van der Waals surface area contributed by atoms with Crippen LogP contribution in [0.25, 0.3) is 22.1 Å². The standard InChI is InChI=1S/C25H23B2F3N6O10P2/c26-47(38)42-8-14-20(18(30)25(44-14)36-6-11(28)16-22(36)32-9-33-23(16)37)46-48(27,39)41-7-13-19(45-47)17(29)24(43-13)35-5-10-2-4-40-34-12-1-3-31-21(35)15(10)12/h1,3,5-6,9,13-14,17-20,24-25,34H,2,4,7-8H2,(H,32,33,37)/t13-,14-,17+,18?,19?,20+,24-,25-,47?,48?/m1/s1. The third-order valence-electron chi connectivity index (χ3n) is 8.47. The predicted molar refractivity (Wildman–Crippen MR) is 159 cm³/mol. The van der Waals surface area contributed by atoms with Crippen molar-refractivity contribution >= 4 is 57.8 Å². The molecule has 0 aliphatic carbocycles. The van der Waals surface area contributed by atoms with E-state index in [1.54, 1.807) is 12.3 Å². The fraction of sp³-hybridized carbons (Fsp3) is 0.480. The molecule has 250 valence electrons. The Morgan fingerprint density at radius 1 is 0.896 bits per heavy atom. The van der Waals surface area contributed by atoms with Gasteiger partial charge in [-0.05, 0) is 11.6 Å². The molecule has 4 unspecified atom stereocenters. The molecule has 23 heteroatoms. The van der Waals surface area contributed by atoms with Crippen molar-refractivity contribution in [3.05, 3.63) is 52.7 Å². The van der Waals surface area contributed by atoms with Crippen LogP contribution < -0.4 is 11.0 Å². The first kappa shape index (κ1) is 32.2. The molecule has 3 fully saturated rings. The Kier molecular flexibility index (Phi) is 7.93. The van der Waals surface area contributed by atoms with Gasteiger partial charge >= 0.3 is 0 Å². The molecular formula is C25H23B2F3N6O10P2. The summed E-state index contributed by atoms with van der Waals surface area (Å²) in [6.07, 6.45) is -8.56. The first-order valence-electron chi connectivity index (χ1n) is 14.5. The molecule has 3 saturated heterocycles. The van der Waals surface area contributed by atoms with Crippen molar-refractivity contribution in [1.29, 1.82) is 0 Å². The van der Waals surface area contributed by atoms with Crippen molar-refractivity contribution in [2.24, 2.45) is 0 Å². The minimum atomic E-state index is -4.68. The third kappa shape index (κ3) is 5.45. The van der Waals surface area contributed by atoms with Gasteiger partial charge in [0, 0.05) is 30.4 Å². The molecule has 4 radical (unpaired) electrons. The van der Waals surface area contributed by atoms with Crippen LogP contribution in [0, 0.1) is 5.82 Å². The largest absolute Gasteiger partial charge is 0.346 e. The molecule has 4 aromatic rings. The fourth-order valence-electron chi connectivity index (χ4n) is 6.37. The van der Waals surface area contributed by atoms with Crippen LogP contribution in [0.15, 0.2) is 35.8 Å². The van der Waals surface area contributed by atoms with Crippen LogP contribution in [0.5, 0.6) is 0 Å². The van der Waals surface area contributed by atoms with Gasteiger partial charge in [-0.2, -0.15) is 0 Å². The molecule has 48 heavy (non-hydrogen) atoms. The number of nitrogens with one attached hydrogen (secondary N) is 2. The molecule has 0 amide bonds. The molecule has 0 saturated carbocycles. The summed E-state index contributed by atoms with van der Waals surface area (Å²) in [5.74, 6) is -1.02. The molecule has 8 rings (SSSR count). The summed E-state index contributed by atoms with van der Waals surface area (Å²) in [6, 6.07) is 1.69. The van der Waals surface area contributed by atoms with Crippen LogP contribution in [0.2, 0.25) is 0 Å². The van der Waals surface area contributed by atoms with Gasteiger partial charge in [-0.15, -0.1) is 0 Å². The van der Waals surface area contributed by atoms with Crippen molar-refractivity contribution < 1.29 is 54.7 Å². The zero-order valence-electron chi connectivity index (χ0n) is 24.4. The highest BCUT2D eigenvalue weighted by molar-refractivity contribution is 7.79. The second kappa shape index (κ2) is 11.8. The van der Waals surface area contributed by atoms with Gasteiger partial charge in [0.25, 0.3) is 20.5 Å². The van der Waals surface area contributed by atoms with Crippen molar-refractivity contribution in [3.8, 4) is 0 Å². The van der Waals surface area contributed by atoms with E-state index in [0.29, 0.717) is 29.7 Å². The van der Waals surface area contributed by atoms with Crippen molar-refractivity contribution in [2.75, 3.05) is 25.3 Å². The number of hydrogen-bond acceptors (Lipinski definition) is 13. The predicted octanol–water partition coefficient (Wildman–Crippen LogP) is 2.65. The monoisotopic (exact) mass is 708 g/mol. The molecule has 8 heterocycles. The van der Waals surface area contributed by atoms with E-state index in [-0.39, 0.29) is 5.65 Å². The lowest BCUT2D eigenvalue weighted by Gasteiger charge is -2.29. The Balaban J connectivity index is 1.08. The number of fused-ring (bicyclic) bond motifs is 3. The maximum atomic E-state index is 16.3. The minimum Gasteiger partial charge on any atom is -0.346 e. The Bertz CT molecular complexity index is 2070. The zero-order valence-corrected chi connectivity index (χ0v) is 26.2. The molecule has 2 N–H and O–H groups in total. The van der Waals surface area contributed by atoms with Crippen LogP contribution in [-0.2, 0) is 48.0 Å². The molecule has 4 aliphatic heterocycles. The number of H-pyrrole nitrogens is 1. The lowest BCUT2D eigenvalue weighted by atomic mass is 10.1. The van der Waals surface area contributed by atoms with E-state index in [9.17, 15) is 18.3 Å². The van der Waals surface area contributed by atoms with Gasteiger partial charge in [-0.3, -0.25) is 28.8 Å². The summed E-state index contributed by atoms with van der Waals surface area (Å²) in [7, 11) is 2.37. The van der Waals surface area contributed by atoms with Gasteiger partial charge in [-0.1, -0.05) is 0 Å². The Labute approximate surface area is 270 Å². The lowest BCUT2D eigenvalue weighted by molar-refractivity contribution is -0.0547. The highest BCUT2D eigenvalue weighted by Gasteiger charge is 2.53. The van der Waals surface area contributed by atoms with E-state index < -0.39 is 94.1 Å². The molecular weight excluding hydrogens is 685 g/mol. The van der Waals surface area contributed by atoms with E-state index in [2.05, 4.69) is 20.4 Å². The first-order valence-corrected chi connectivity index (χ1v) is 17.8. The molecule has 4 aliphatic rings. The smallest absolute Gasteiger partial charge is 0.264 e. The van der Waals surface area contributed by atoms with Crippen molar-refractivity contribution in [3.63, 3.8) is 0 Å². The molecule has 0 bridgehead atoms. The number of rotatable bonds is 2. The number of alkyl halides is 2. The number of anilines is 1. The quantitative estimate of drug-likeness (QED) is 0.230. The number of pyridine rings is 1. The van der Waals surface area contributed by atoms with Crippen LogP contribution >= 0.6 is 14.9 Å². The van der Waals surface area contributed by atoms with E-state index in [1.165, 1.54) is 10.8 Å². The van der Waals surface area contributed by atoms with Gasteiger partial charge < -0.3 is 37.1 Å². The van der Waals surface area contributed by atoms with Crippen LogP contribution in [-0.4, -0.2) is 95.8 Å². The topological polar surface area (TPSA) is 179 Å². The number of ether oxygens (including phenoxy) is 2. The van der Waals surface area contributed by atoms with E-state index in [4.69, 9.17) is 47.5 Å². The van der Waals surface area contributed by atoms with Gasteiger partial charge in [-0.25, -0.2) is 23.1 Å². The van der Waals surface area contributed by atoms with E-state index in [1.807, 2.05) is 0 Å². The fourth-order valence-corrected chi connectivity index (χ4v) is 8.38.